The van der Waals surface area contributed by atoms with Gasteiger partial charge in [-0.2, -0.15) is 0 Å². The topological polar surface area (TPSA) is 31.2 Å². The Morgan fingerprint density at radius 2 is 2.31 bits per heavy atom. The van der Waals surface area contributed by atoms with E-state index in [-0.39, 0.29) is 5.56 Å². The van der Waals surface area contributed by atoms with Crippen LogP contribution in [0.4, 0.5) is 0 Å². The molecule has 3 heteroatoms. The molecule has 0 amide bonds. The Bertz CT molecular complexity index is 446. The Labute approximate surface area is 95.4 Å². The van der Waals surface area contributed by atoms with Crippen LogP contribution in [-0.4, -0.2) is 11.2 Å². The predicted octanol–water partition coefficient (Wildman–Crippen LogP) is 2.14. The maximum absolute atomic E-state index is 11.9. The molecule has 0 unspecified atom stereocenters. The number of hydrogen-bond donors (Lipinski definition) is 0. The number of pyridine rings is 1. The van der Waals surface area contributed by atoms with E-state index in [1.165, 1.54) is 0 Å². The molecular formula is C13H17NO2. The summed E-state index contributed by atoms with van der Waals surface area (Å²) in [5.74, 6) is 0.464. The second-order valence-electron chi connectivity index (χ2n) is 3.94. The lowest BCUT2D eigenvalue weighted by Gasteiger charge is -2.06. The third-order valence-corrected chi connectivity index (χ3v) is 2.78. The Morgan fingerprint density at radius 3 is 3.12 bits per heavy atom. The SMILES string of the molecule is CC/C=C/COc1ccc2n(c1=O)CCC2. The molecule has 0 aromatic carbocycles. The van der Waals surface area contributed by atoms with Gasteiger partial charge in [0.1, 0.15) is 6.61 Å². The molecule has 2 heterocycles. The standard InChI is InChI=1S/C13H17NO2/c1-2-3-4-10-16-12-8-7-11-6-5-9-14(11)13(12)15/h3-4,7-8H,2,5-6,9-10H2,1H3/b4-3+. The summed E-state index contributed by atoms with van der Waals surface area (Å²) < 4.78 is 7.26. The van der Waals surface area contributed by atoms with Gasteiger partial charge in [-0.05, 0) is 31.4 Å². The molecule has 3 nitrogen and oxygen atoms in total. The molecule has 2 rings (SSSR count). The molecule has 0 atom stereocenters. The van der Waals surface area contributed by atoms with Crippen LogP contribution in [0.2, 0.25) is 0 Å². The maximum Gasteiger partial charge on any atom is 0.293 e. The molecule has 0 aliphatic carbocycles. The molecule has 1 aromatic heterocycles. The van der Waals surface area contributed by atoms with Crippen LogP contribution in [0.5, 0.6) is 5.75 Å². The lowest BCUT2D eigenvalue weighted by molar-refractivity contribution is 0.353. The van der Waals surface area contributed by atoms with Crippen molar-refractivity contribution in [3.8, 4) is 5.75 Å². The van der Waals surface area contributed by atoms with Gasteiger partial charge in [-0.3, -0.25) is 4.79 Å². The molecule has 0 saturated carbocycles. The monoisotopic (exact) mass is 219 g/mol. The van der Waals surface area contributed by atoms with E-state index in [2.05, 4.69) is 6.92 Å². The third kappa shape index (κ3) is 2.18. The van der Waals surface area contributed by atoms with Gasteiger partial charge >= 0.3 is 0 Å². The van der Waals surface area contributed by atoms with Crippen molar-refractivity contribution in [1.82, 2.24) is 4.57 Å². The van der Waals surface area contributed by atoms with Crippen molar-refractivity contribution in [2.75, 3.05) is 6.61 Å². The molecule has 0 saturated heterocycles. The van der Waals surface area contributed by atoms with Gasteiger partial charge in [0.25, 0.3) is 5.56 Å². The summed E-state index contributed by atoms with van der Waals surface area (Å²) >= 11 is 0. The highest BCUT2D eigenvalue weighted by atomic mass is 16.5. The number of aryl methyl sites for hydroxylation is 1. The first-order chi connectivity index (χ1) is 7.83. The number of rotatable bonds is 4. The highest BCUT2D eigenvalue weighted by Crippen LogP contribution is 2.14. The highest BCUT2D eigenvalue weighted by Gasteiger charge is 2.13. The van der Waals surface area contributed by atoms with Crippen molar-refractivity contribution in [3.63, 3.8) is 0 Å². The average molecular weight is 219 g/mol. The first-order valence-electron chi connectivity index (χ1n) is 5.83. The first kappa shape index (κ1) is 11.0. The van der Waals surface area contributed by atoms with E-state index in [1.807, 2.05) is 22.8 Å². The minimum atomic E-state index is 0.0138. The minimum absolute atomic E-state index is 0.0138. The highest BCUT2D eigenvalue weighted by molar-refractivity contribution is 5.23. The van der Waals surface area contributed by atoms with Crippen LogP contribution < -0.4 is 10.3 Å². The van der Waals surface area contributed by atoms with Crippen molar-refractivity contribution in [3.05, 3.63) is 40.3 Å². The number of aromatic nitrogens is 1. The number of hydrogen-bond acceptors (Lipinski definition) is 2. The molecule has 0 bridgehead atoms. The molecule has 1 aliphatic rings. The van der Waals surface area contributed by atoms with Crippen molar-refractivity contribution in [1.29, 1.82) is 0 Å². The van der Waals surface area contributed by atoms with Crippen LogP contribution in [0, 0.1) is 0 Å². The summed E-state index contributed by atoms with van der Waals surface area (Å²) in [6.07, 6.45) is 7.04. The molecular weight excluding hydrogens is 202 g/mol. The van der Waals surface area contributed by atoms with E-state index in [1.54, 1.807) is 6.07 Å². The molecule has 0 spiro atoms. The van der Waals surface area contributed by atoms with Gasteiger partial charge in [-0.15, -0.1) is 0 Å². The average Bonchev–Trinajstić information content (AvgIpc) is 2.76. The zero-order valence-corrected chi connectivity index (χ0v) is 9.61. The summed E-state index contributed by atoms with van der Waals surface area (Å²) in [5, 5.41) is 0. The van der Waals surface area contributed by atoms with Gasteiger partial charge in [-0.1, -0.05) is 19.1 Å². The van der Waals surface area contributed by atoms with Gasteiger partial charge in [0, 0.05) is 12.2 Å². The van der Waals surface area contributed by atoms with Crippen LogP contribution >= 0.6 is 0 Å². The van der Waals surface area contributed by atoms with Gasteiger partial charge in [0.2, 0.25) is 0 Å². The van der Waals surface area contributed by atoms with Crippen molar-refractivity contribution < 1.29 is 4.74 Å². The lowest BCUT2D eigenvalue weighted by Crippen LogP contribution is -2.21. The van der Waals surface area contributed by atoms with E-state index in [0.29, 0.717) is 12.4 Å². The van der Waals surface area contributed by atoms with Crippen LogP contribution in [-0.2, 0) is 13.0 Å². The summed E-state index contributed by atoms with van der Waals surface area (Å²) in [4.78, 5) is 11.9. The molecule has 16 heavy (non-hydrogen) atoms. The largest absolute Gasteiger partial charge is 0.484 e. The maximum atomic E-state index is 11.9. The first-order valence-corrected chi connectivity index (χ1v) is 5.83. The van der Waals surface area contributed by atoms with Crippen LogP contribution in [0.1, 0.15) is 25.5 Å². The van der Waals surface area contributed by atoms with Crippen LogP contribution in [0.25, 0.3) is 0 Å². The summed E-state index contributed by atoms with van der Waals surface area (Å²) in [6.45, 7) is 3.37. The van der Waals surface area contributed by atoms with Crippen molar-refractivity contribution in [2.24, 2.45) is 0 Å². The summed E-state index contributed by atoms with van der Waals surface area (Å²) in [5.41, 5.74) is 1.14. The van der Waals surface area contributed by atoms with Crippen LogP contribution in [0.3, 0.4) is 0 Å². The Balaban J connectivity index is 2.11. The van der Waals surface area contributed by atoms with Gasteiger partial charge in [-0.25, -0.2) is 0 Å². The lowest BCUT2D eigenvalue weighted by atomic mass is 10.3. The second-order valence-corrected chi connectivity index (χ2v) is 3.94. The van der Waals surface area contributed by atoms with Crippen LogP contribution in [0.15, 0.2) is 29.1 Å². The third-order valence-electron chi connectivity index (χ3n) is 2.78. The number of allylic oxidation sites excluding steroid dienone is 1. The fourth-order valence-electron chi connectivity index (χ4n) is 1.96. The van der Waals surface area contributed by atoms with Gasteiger partial charge < -0.3 is 9.30 Å². The summed E-state index contributed by atoms with van der Waals surface area (Å²) in [6, 6.07) is 3.78. The van der Waals surface area contributed by atoms with Gasteiger partial charge in [0.15, 0.2) is 5.75 Å². The zero-order valence-electron chi connectivity index (χ0n) is 9.61. The van der Waals surface area contributed by atoms with Crippen molar-refractivity contribution >= 4 is 0 Å². The van der Waals surface area contributed by atoms with E-state index >= 15 is 0 Å². The molecule has 0 fully saturated rings. The van der Waals surface area contributed by atoms with E-state index in [4.69, 9.17) is 4.74 Å². The normalized spacial score (nSPS) is 14.3. The smallest absolute Gasteiger partial charge is 0.293 e. The number of fused-ring (bicyclic) bond motifs is 1. The van der Waals surface area contributed by atoms with E-state index < -0.39 is 0 Å². The Kier molecular flexibility index (Phi) is 3.44. The summed E-state index contributed by atoms with van der Waals surface area (Å²) in [7, 11) is 0. The fraction of sp³-hybridized carbons (Fsp3) is 0.462. The fourth-order valence-corrected chi connectivity index (χ4v) is 1.96. The molecule has 1 aliphatic heterocycles. The van der Waals surface area contributed by atoms with E-state index in [0.717, 1.165) is 31.5 Å². The minimum Gasteiger partial charge on any atom is -0.484 e. The number of nitrogens with zero attached hydrogens (tertiary/aromatic N) is 1. The molecule has 1 aromatic rings. The second kappa shape index (κ2) is 5.01. The predicted molar refractivity (Wildman–Crippen MR) is 63.9 cm³/mol. The molecule has 0 radical (unpaired) electrons. The molecule has 86 valence electrons. The van der Waals surface area contributed by atoms with Crippen molar-refractivity contribution in [2.45, 2.75) is 32.7 Å². The zero-order chi connectivity index (χ0) is 11.4. The quantitative estimate of drug-likeness (QED) is 0.726. The number of ether oxygens (including phenoxy) is 1. The Hall–Kier alpha value is -1.51. The van der Waals surface area contributed by atoms with Gasteiger partial charge in [0.05, 0.1) is 0 Å². The van der Waals surface area contributed by atoms with E-state index in [9.17, 15) is 4.79 Å². The molecule has 0 N–H and O–H groups in total. The Morgan fingerprint density at radius 1 is 1.44 bits per heavy atom.